The Morgan fingerprint density at radius 1 is 0.465 bits per heavy atom. The average Bonchev–Trinajstić information content (AvgIpc) is 3.33. The first kappa shape index (κ1) is 73.2. The van der Waals surface area contributed by atoms with Crippen molar-refractivity contribution < 1.29 is 90.4 Å². The van der Waals surface area contributed by atoms with E-state index in [0.717, 1.165) is 96.0 Å². The molecule has 6 rings (SSSR count). The monoisotopic (exact) mass is 1220 g/mol. The molecule has 3 aromatic rings. The van der Waals surface area contributed by atoms with Gasteiger partial charge in [-0.25, -0.2) is 41.9 Å². The Hall–Kier alpha value is -7.09. The Balaban J connectivity index is 0.000000314. The van der Waals surface area contributed by atoms with E-state index in [0.29, 0.717) is 58.9 Å². The van der Waals surface area contributed by atoms with Crippen LogP contribution in [0.4, 0.5) is 27.6 Å². The molecule has 0 bridgehead atoms. The maximum absolute atomic E-state index is 14.1. The zero-order valence-corrected chi connectivity index (χ0v) is 51.9. The van der Waals surface area contributed by atoms with Gasteiger partial charge in [0.1, 0.15) is 16.8 Å². The van der Waals surface area contributed by atoms with E-state index in [9.17, 15) is 41.9 Å². The summed E-state index contributed by atoms with van der Waals surface area (Å²) in [7, 11) is 0. The number of hydrogen-bond donors (Lipinski definition) is 3. The molecular weight excluding hydrogens is 1130 g/mol. The lowest BCUT2D eigenvalue weighted by molar-refractivity contribution is 0.0132. The molecule has 3 aromatic carbocycles. The number of aliphatic hydroxyl groups is 1. The van der Waals surface area contributed by atoms with Gasteiger partial charge in [-0.1, -0.05) is 0 Å². The maximum Gasteiger partial charge on any atom is 0.410 e. The van der Waals surface area contributed by atoms with E-state index in [2.05, 4.69) is 19.4 Å². The van der Waals surface area contributed by atoms with Crippen LogP contribution in [0.5, 0.6) is 17.2 Å². The van der Waals surface area contributed by atoms with Gasteiger partial charge in [-0.3, -0.25) is 14.7 Å². The Morgan fingerprint density at radius 3 is 1.08 bits per heavy atom. The van der Waals surface area contributed by atoms with E-state index in [1.54, 1.807) is 28.5 Å². The quantitative estimate of drug-likeness (QED) is 0.0611. The highest BCUT2D eigenvalue weighted by atomic mass is 19.1. The van der Waals surface area contributed by atoms with Crippen molar-refractivity contribution in [3.8, 4) is 17.2 Å². The Morgan fingerprint density at radius 2 is 0.779 bits per heavy atom. The number of carboxylic acid groups (broad SMARTS) is 1. The number of halogens is 3. The summed E-state index contributed by atoms with van der Waals surface area (Å²) < 4.78 is 77.0. The molecule has 0 unspecified atom stereocenters. The summed E-state index contributed by atoms with van der Waals surface area (Å²) in [5.74, 6) is -4.72. The Kier molecular flexibility index (Phi) is 30.8. The first-order valence-corrected chi connectivity index (χ1v) is 29.0. The standard InChI is InChI=1S/C21H31FN2O5.C19H27FN2O5.C12H24N2O3.C9H9FO3/c1-5-27-19(25)16-7-8-18(17(22)15-16)28-14-6-9-23-10-12-24(13-11-23)20(26)29-21(2,3)4;1-19(2,3)27-18(25)22-10-8-21(9-11-22)7-4-12-26-16-6-5-14(17(23)24)13-15(16)20;1-12(2,3)17-11(16)14-8-6-13(7-9-14)5-4-10-15;1-2-13-9(12)6-3-4-8(11)7(10)5-6/h7-8,15H,5-6,9-14H2,1-4H3;5-6,13H,4,7-12H2,1-3H3,(H,23,24);15H,4-10H2,1-3H3;3-5,11H,2H2,1H3. The molecule has 3 aliphatic heterocycles. The highest BCUT2D eigenvalue weighted by molar-refractivity contribution is 5.90. The van der Waals surface area contributed by atoms with E-state index in [1.807, 2.05) is 62.3 Å². The van der Waals surface area contributed by atoms with Gasteiger partial charge in [0.2, 0.25) is 0 Å². The van der Waals surface area contributed by atoms with Crippen molar-refractivity contribution in [3.05, 3.63) is 88.7 Å². The molecule has 86 heavy (non-hydrogen) atoms. The Labute approximate surface area is 503 Å². The topological polar surface area (TPSA) is 247 Å². The third-order valence-corrected chi connectivity index (χ3v) is 12.5. The van der Waals surface area contributed by atoms with Gasteiger partial charge in [0.15, 0.2) is 34.7 Å². The van der Waals surface area contributed by atoms with Gasteiger partial charge in [-0.2, -0.15) is 0 Å². The lowest BCUT2D eigenvalue weighted by Crippen LogP contribution is -2.50. The number of phenolic OH excluding ortho intramolecular Hbond substituents is 1. The number of nitrogens with zero attached hydrogens (tertiary/aromatic N) is 6. The zero-order valence-electron chi connectivity index (χ0n) is 51.9. The molecule has 3 amide bonds. The predicted octanol–water partition coefficient (Wildman–Crippen LogP) is 8.80. The number of hydrogen-bond acceptors (Lipinski definition) is 18. The second-order valence-corrected chi connectivity index (χ2v) is 23.1. The number of amides is 3. The fourth-order valence-electron chi connectivity index (χ4n) is 8.23. The first-order chi connectivity index (χ1) is 40.4. The zero-order chi connectivity index (χ0) is 64.2. The number of ether oxygens (including phenoxy) is 7. The second kappa shape index (κ2) is 36.1. The van der Waals surface area contributed by atoms with Crippen LogP contribution in [0.1, 0.15) is 126 Å². The summed E-state index contributed by atoms with van der Waals surface area (Å²) >= 11 is 0. The number of carboxylic acids is 1. The van der Waals surface area contributed by atoms with Gasteiger partial charge in [0.25, 0.3) is 0 Å². The highest BCUT2D eigenvalue weighted by Crippen LogP contribution is 2.22. The number of esters is 2. The van der Waals surface area contributed by atoms with Crippen molar-refractivity contribution in [3.63, 3.8) is 0 Å². The van der Waals surface area contributed by atoms with Crippen LogP contribution in [0.25, 0.3) is 0 Å². The van der Waals surface area contributed by atoms with Gasteiger partial charge in [0.05, 0.1) is 43.1 Å². The molecule has 0 spiro atoms. The lowest BCUT2D eigenvalue weighted by Gasteiger charge is -2.35. The largest absolute Gasteiger partial charge is 0.505 e. The minimum absolute atomic E-state index is 0.0507. The smallest absolute Gasteiger partial charge is 0.410 e. The fourth-order valence-corrected chi connectivity index (χ4v) is 8.23. The van der Waals surface area contributed by atoms with Gasteiger partial charge in [-0.15, -0.1) is 0 Å². The summed E-state index contributed by atoms with van der Waals surface area (Å²) in [5, 5.41) is 26.4. The van der Waals surface area contributed by atoms with Crippen LogP contribution in [0.2, 0.25) is 0 Å². The molecule has 0 aliphatic carbocycles. The van der Waals surface area contributed by atoms with Crippen LogP contribution in [-0.2, 0) is 23.7 Å². The minimum Gasteiger partial charge on any atom is -0.505 e. The van der Waals surface area contributed by atoms with Crippen LogP contribution < -0.4 is 9.47 Å². The molecule has 25 heteroatoms. The fraction of sp³-hybridized carbons (Fsp3) is 0.607. The highest BCUT2D eigenvalue weighted by Gasteiger charge is 2.29. The van der Waals surface area contributed by atoms with Crippen LogP contribution in [0.15, 0.2) is 54.6 Å². The Bertz CT molecular complexity index is 2610. The molecule has 3 heterocycles. The van der Waals surface area contributed by atoms with Gasteiger partial charge >= 0.3 is 36.2 Å². The molecule has 0 atom stereocenters. The van der Waals surface area contributed by atoms with Crippen LogP contribution in [0.3, 0.4) is 0 Å². The molecular formula is C61H91F3N6O16. The van der Waals surface area contributed by atoms with Crippen molar-refractivity contribution in [2.24, 2.45) is 0 Å². The van der Waals surface area contributed by atoms with Crippen LogP contribution >= 0.6 is 0 Å². The van der Waals surface area contributed by atoms with Crippen molar-refractivity contribution in [1.29, 1.82) is 0 Å². The number of rotatable bonds is 18. The number of phenols is 1. The van der Waals surface area contributed by atoms with Gasteiger partial charge in [-0.05, 0) is 150 Å². The molecule has 0 radical (unpaired) electrons. The van der Waals surface area contributed by atoms with Gasteiger partial charge in [0, 0.05) is 105 Å². The number of benzene rings is 3. The van der Waals surface area contributed by atoms with E-state index in [1.165, 1.54) is 30.3 Å². The normalized spacial score (nSPS) is 15.0. The average molecular weight is 1220 g/mol. The molecule has 0 aromatic heterocycles. The number of aliphatic hydroxyl groups excluding tert-OH is 1. The summed E-state index contributed by atoms with van der Waals surface area (Å²) in [6.45, 7) is 32.6. The molecule has 3 aliphatic rings. The summed E-state index contributed by atoms with van der Waals surface area (Å²) in [5.41, 5.74) is -1.26. The number of piperazine rings is 3. The van der Waals surface area contributed by atoms with Crippen molar-refractivity contribution >= 4 is 36.2 Å². The molecule has 3 N–H and O–H groups in total. The SMILES string of the molecule is CC(C)(C)OC(=O)N1CCN(CCCO)CC1.CC(C)(C)OC(=O)N1CCN(CCCOc2ccc(C(=O)O)cc2F)CC1.CCOC(=O)c1ccc(O)c(F)c1.CCOC(=O)c1ccc(OCCCN2CCN(C(=O)OC(C)(C)C)CC2)c(F)c1. The molecule has 3 saturated heterocycles. The molecule has 0 saturated carbocycles. The van der Waals surface area contributed by atoms with E-state index >= 15 is 0 Å². The molecule has 482 valence electrons. The predicted molar refractivity (Wildman–Crippen MR) is 314 cm³/mol. The number of aromatic carboxylic acids is 1. The second-order valence-electron chi connectivity index (χ2n) is 23.1. The van der Waals surface area contributed by atoms with Crippen molar-refractivity contribution in [2.75, 3.05) is 131 Å². The summed E-state index contributed by atoms with van der Waals surface area (Å²) in [6, 6.07) is 11.0. The number of carbonyl (C=O) groups is 6. The third-order valence-electron chi connectivity index (χ3n) is 12.5. The molecule has 3 fully saturated rings. The molecule has 22 nitrogen and oxygen atoms in total. The third kappa shape index (κ3) is 28.4. The van der Waals surface area contributed by atoms with E-state index in [-0.39, 0.29) is 66.3 Å². The summed E-state index contributed by atoms with van der Waals surface area (Å²) in [4.78, 5) is 81.2. The van der Waals surface area contributed by atoms with Crippen molar-refractivity contribution in [1.82, 2.24) is 29.4 Å². The van der Waals surface area contributed by atoms with Crippen LogP contribution in [-0.4, -0.2) is 229 Å². The van der Waals surface area contributed by atoms with E-state index in [4.69, 9.17) is 43.7 Å². The lowest BCUT2D eigenvalue weighted by atomic mass is 10.2. The van der Waals surface area contributed by atoms with Gasteiger partial charge < -0.3 is 63.2 Å². The van der Waals surface area contributed by atoms with E-state index < -0.39 is 57.9 Å². The maximum atomic E-state index is 14.1. The first-order valence-electron chi connectivity index (χ1n) is 29.0. The number of aromatic hydroxyl groups is 1. The number of carbonyl (C=O) groups excluding carboxylic acids is 5. The minimum atomic E-state index is -1.18. The van der Waals surface area contributed by atoms with Crippen molar-refractivity contribution in [2.45, 2.75) is 112 Å². The van der Waals surface area contributed by atoms with Crippen LogP contribution in [0, 0.1) is 17.5 Å². The summed E-state index contributed by atoms with van der Waals surface area (Å²) in [6.07, 6.45) is 1.44.